The van der Waals surface area contributed by atoms with Gasteiger partial charge in [0.1, 0.15) is 17.3 Å². The van der Waals surface area contributed by atoms with Gasteiger partial charge in [0.25, 0.3) is 0 Å². The maximum atomic E-state index is 14.0. The molecule has 0 amide bonds. The summed E-state index contributed by atoms with van der Waals surface area (Å²) in [6.07, 6.45) is -3.30. The molecule has 0 unspecified atom stereocenters. The predicted molar refractivity (Wildman–Crippen MR) is 73.7 cm³/mol. The Balaban J connectivity index is 2.74. The van der Waals surface area contributed by atoms with Crippen molar-refractivity contribution in [1.82, 2.24) is 0 Å². The highest BCUT2D eigenvalue weighted by Crippen LogP contribution is 2.36. The molecular weight excluding hydrogens is 321 g/mol. The van der Waals surface area contributed by atoms with E-state index in [1.54, 1.807) is 0 Å². The Kier molecular flexibility index (Phi) is 4.39. The minimum Gasteiger partial charge on any atom is -0.464 e. The van der Waals surface area contributed by atoms with Crippen LogP contribution < -0.4 is 11.5 Å². The molecule has 0 bridgehead atoms. The van der Waals surface area contributed by atoms with Crippen molar-refractivity contribution in [2.24, 2.45) is 16.5 Å². The number of benzene rings is 1. The quantitative estimate of drug-likeness (QED) is 0.666. The molecule has 122 valence electrons. The van der Waals surface area contributed by atoms with Crippen LogP contribution >= 0.6 is 0 Å². The van der Waals surface area contributed by atoms with E-state index < -0.39 is 34.9 Å². The van der Waals surface area contributed by atoms with Gasteiger partial charge in [0.05, 0.1) is 12.0 Å². The number of nitrogens with two attached hydrogens (primary N) is 2. The summed E-state index contributed by atoms with van der Waals surface area (Å²) in [5.41, 5.74) is 6.59. The predicted octanol–water partition coefficient (Wildman–Crippen LogP) is 3.62. The number of allylic oxidation sites excluding steroid dienone is 1. The van der Waals surface area contributed by atoms with E-state index in [9.17, 15) is 22.0 Å². The summed E-state index contributed by atoms with van der Waals surface area (Å²) in [5, 5.41) is 0. The normalized spacial score (nSPS) is 13.4. The first-order valence-corrected chi connectivity index (χ1v) is 6.10. The first-order chi connectivity index (χ1) is 10.7. The second kappa shape index (κ2) is 6.11. The van der Waals surface area contributed by atoms with E-state index >= 15 is 0 Å². The standard InChI is InChI=1S/C14H10F5N3O/c15-7-4-8(11-2-1-3-23-11)12(9(16)5-7)22-13(10(21)6-20)14(17,18)19/h1-6H,20-21H2. The van der Waals surface area contributed by atoms with Gasteiger partial charge in [-0.2, -0.15) is 13.2 Å². The average Bonchev–Trinajstić information content (AvgIpc) is 2.97. The van der Waals surface area contributed by atoms with Crippen LogP contribution in [0.3, 0.4) is 0 Å². The Morgan fingerprint density at radius 1 is 1.22 bits per heavy atom. The van der Waals surface area contributed by atoms with E-state index in [0.717, 1.165) is 6.07 Å². The van der Waals surface area contributed by atoms with Crippen molar-refractivity contribution in [3.8, 4) is 11.3 Å². The van der Waals surface area contributed by atoms with E-state index in [4.69, 9.17) is 15.9 Å². The van der Waals surface area contributed by atoms with Crippen molar-refractivity contribution in [2.45, 2.75) is 6.18 Å². The van der Waals surface area contributed by atoms with E-state index in [1.165, 1.54) is 18.4 Å². The topological polar surface area (TPSA) is 77.5 Å². The van der Waals surface area contributed by atoms with Gasteiger partial charge in [0, 0.05) is 17.8 Å². The lowest BCUT2D eigenvalue weighted by Gasteiger charge is -2.12. The van der Waals surface area contributed by atoms with Gasteiger partial charge in [0.15, 0.2) is 11.5 Å². The van der Waals surface area contributed by atoms with Crippen LogP contribution in [0.4, 0.5) is 27.6 Å². The van der Waals surface area contributed by atoms with Gasteiger partial charge in [-0.25, -0.2) is 13.8 Å². The molecule has 4 N–H and O–H groups in total. The van der Waals surface area contributed by atoms with Crippen molar-refractivity contribution in [3.05, 3.63) is 54.1 Å². The average molecular weight is 331 g/mol. The summed E-state index contributed by atoms with van der Waals surface area (Å²) in [7, 11) is 0. The van der Waals surface area contributed by atoms with Gasteiger partial charge in [0.2, 0.25) is 0 Å². The lowest BCUT2D eigenvalue weighted by atomic mass is 10.1. The number of furan rings is 1. The third-order valence-electron chi connectivity index (χ3n) is 2.76. The summed E-state index contributed by atoms with van der Waals surface area (Å²) >= 11 is 0. The molecule has 4 nitrogen and oxygen atoms in total. The molecule has 0 spiro atoms. The smallest absolute Gasteiger partial charge is 0.435 e. The van der Waals surface area contributed by atoms with E-state index in [0.29, 0.717) is 12.3 Å². The largest absolute Gasteiger partial charge is 0.464 e. The Morgan fingerprint density at radius 2 is 1.91 bits per heavy atom. The zero-order chi connectivity index (χ0) is 17.2. The van der Waals surface area contributed by atoms with E-state index in [-0.39, 0.29) is 11.3 Å². The third-order valence-corrected chi connectivity index (χ3v) is 2.76. The molecule has 1 aromatic carbocycles. The van der Waals surface area contributed by atoms with Crippen LogP contribution in [0.15, 0.2) is 51.8 Å². The van der Waals surface area contributed by atoms with Gasteiger partial charge < -0.3 is 15.9 Å². The molecule has 2 aromatic rings. The van der Waals surface area contributed by atoms with Gasteiger partial charge in [-0.05, 0) is 18.2 Å². The van der Waals surface area contributed by atoms with Crippen LogP contribution in [0.1, 0.15) is 0 Å². The second-order valence-electron chi connectivity index (χ2n) is 4.34. The van der Waals surface area contributed by atoms with Gasteiger partial charge in [-0.15, -0.1) is 0 Å². The Labute approximate surface area is 126 Å². The fourth-order valence-electron chi connectivity index (χ4n) is 1.78. The molecule has 0 fully saturated rings. The molecule has 23 heavy (non-hydrogen) atoms. The van der Waals surface area contributed by atoms with E-state index in [1.807, 2.05) is 0 Å². The molecule has 1 heterocycles. The van der Waals surface area contributed by atoms with Gasteiger partial charge >= 0.3 is 6.18 Å². The maximum absolute atomic E-state index is 14.0. The highest BCUT2D eigenvalue weighted by atomic mass is 19.4. The molecule has 1 aromatic heterocycles. The molecule has 2 rings (SSSR count). The number of nitrogens with zero attached hydrogens (tertiary/aromatic N) is 1. The van der Waals surface area contributed by atoms with Crippen LogP contribution in [0.5, 0.6) is 0 Å². The molecule has 0 aliphatic rings. The second-order valence-corrected chi connectivity index (χ2v) is 4.34. The molecule has 0 atom stereocenters. The third kappa shape index (κ3) is 3.50. The molecule has 0 aliphatic heterocycles. The van der Waals surface area contributed by atoms with Crippen LogP contribution in [0.2, 0.25) is 0 Å². The number of hydrogen-bond acceptors (Lipinski definition) is 4. The van der Waals surface area contributed by atoms with Crippen molar-refractivity contribution >= 4 is 11.4 Å². The Bertz CT molecular complexity index is 763. The summed E-state index contributed by atoms with van der Waals surface area (Å²) in [5.74, 6) is -2.36. The number of aliphatic imine (C=N–C) groups is 1. The Hall–Kier alpha value is -2.84. The Morgan fingerprint density at radius 3 is 2.43 bits per heavy atom. The fraction of sp³-hybridized carbons (Fsp3) is 0.0714. The van der Waals surface area contributed by atoms with Crippen LogP contribution in [-0.2, 0) is 0 Å². The highest BCUT2D eigenvalue weighted by Gasteiger charge is 2.38. The number of rotatable bonds is 3. The van der Waals surface area contributed by atoms with Crippen molar-refractivity contribution in [1.29, 1.82) is 0 Å². The van der Waals surface area contributed by atoms with Gasteiger partial charge in [-0.1, -0.05) is 0 Å². The van der Waals surface area contributed by atoms with Crippen LogP contribution in [0.25, 0.3) is 11.3 Å². The van der Waals surface area contributed by atoms with Crippen molar-refractivity contribution in [2.75, 3.05) is 0 Å². The lowest BCUT2D eigenvalue weighted by molar-refractivity contribution is -0.0582. The number of hydrogen-bond donors (Lipinski definition) is 2. The van der Waals surface area contributed by atoms with Crippen LogP contribution in [-0.4, -0.2) is 11.9 Å². The summed E-state index contributed by atoms with van der Waals surface area (Å²) in [6.45, 7) is 0. The zero-order valence-corrected chi connectivity index (χ0v) is 11.4. The SMILES string of the molecule is NC=C(N)C(=Nc1c(F)cc(F)cc1-c1ccco1)C(F)(F)F. The zero-order valence-electron chi connectivity index (χ0n) is 11.4. The minimum absolute atomic E-state index is 0.0565. The van der Waals surface area contributed by atoms with E-state index in [2.05, 4.69) is 4.99 Å². The summed E-state index contributed by atoms with van der Waals surface area (Å²) in [4.78, 5) is 3.21. The molecular formula is C14H10F5N3O. The van der Waals surface area contributed by atoms with Crippen molar-refractivity contribution < 1.29 is 26.4 Å². The first-order valence-electron chi connectivity index (χ1n) is 6.10. The first kappa shape index (κ1) is 16.5. The van der Waals surface area contributed by atoms with Gasteiger partial charge in [-0.3, -0.25) is 0 Å². The molecule has 0 radical (unpaired) electrons. The maximum Gasteiger partial charge on any atom is 0.435 e. The fourth-order valence-corrected chi connectivity index (χ4v) is 1.78. The minimum atomic E-state index is -4.98. The molecule has 0 saturated carbocycles. The molecule has 0 saturated heterocycles. The lowest BCUT2D eigenvalue weighted by Crippen LogP contribution is -2.29. The summed E-state index contributed by atoms with van der Waals surface area (Å²) in [6, 6.07) is 3.94. The monoisotopic (exact) mass is 331 g/mol. The molecule has 0 aliphatic carbocycles. The highest BCUT2D eigenvalue weighted by molar-refractivity contribution is 6.05. The van der Waals surface area contributed by atoms with Crippen molar-refractivity contribution in [3.63, 3.8) is 0 Å². The summed E-state index contributed by atoms with van der Waals surface area (Å²) < 4.78 is 71.3. The number of halogens is 5. The number of alkyl halides is 3. The molecule has 9 heteroatoms. The van der Waals surface area contributed by atoms with Crippen LogP contribution in [0, 0.1) is 11.6 Å².